The number of sulfonamides is 1. The van der Waals surface area contributed by atoms with E-state index in [-0.39, 0.29) is 23.4 Å². The van der Waals surface area contributed by atoms with Gasteiger partial charge in [-0.15, -0.1) is 0 Å². The first-order chi connectivity index (χ1) is 17.2. The van der Waals surface area contributed by atoms with Crippen LogP contribution in [0.25, 0.3) is 0 Å². The number of carboxylic acid groups (broad SMARTS) is 1. The molecule has 3 rings (SSSR count). The van der Waals surface area contributed by atoms with Gasteiger partial charge in [-0.3, -0.25) is 9.59 Å². The topological polar surface area (TPSA) is 145 Å². The van der Waals surface area contributed by atoms with Gasteiger partial charge in [-0.25, -0.2) is 17.9 Å². The molecule has 10 heteroatoms. The summed E-state index contributed by atoms with van der Waals surface area (Å²) in [5, 5.41) is 11.9. The second-order valence-electron chi connectivity index (χ2n) is 8.46. The summed E-state index contributed by atoms with van der Waals surface area (Å²) in [6.45, 7) is 1.98. The van der Waals surface area contributed by atoms with Crippen molar-refractivity contribution in [1.29, 1.82) is 0 Å². The standard InChI is InChI=1S/C26H29N3O6S/c1-18-10-13-21(14-11-18)36(34,35)27-16-6-5-9-23(26(32)33)29-25(31)22-15-12-20(28-24(22)30)17-19-7-3-2-4-8-19/h2-4,7-8,10-15,23,27H,5-6,9,16-17H2,1H3,(H,28,30)(H,29,31)(H,32,33)/t23-/m0/s1. The fourth-order valence-corrected chi connectivity index (χ4v) is 4.66. The number of nitrogens with one attached hydrogen (secondary N) is 3. The Labute approximate surface area is 209 Å². The number of aromatic nitrogens is 1. The van der Waals surface area contributed by atoms with Crippen molar-refractivity contribution in [3.05, 3.63) is 99.5 Å². The normalized spacial score (nSPS) is 12.1. The van der Waals surface area contributed by atoms with Gasteiger partial charge in [-0.05, 0) is 56.0 Å². The number of rotatable bonds is 12. The molecular formula is C26H29N3O6S. The summed E-state index contributed by atoms with van der Waals surface area (Å²) in [6.07, 6.45) is 1.29. The molecule has 0 aliphatic rings. The molecule has 1 heterocycles. The summed E-state index contributed by atoms with van der Waals surface area (Å²) in [6, 6.07) is 17.7. The van der Waals surface area contributed by atoms with Crippen molar-refractivity contribution >= 4 is 21.9 Å². The lowest BCUT2D eigenvalue weighted by molar-refractivity contribution is -0.139. The molecule has 0 unspecified atom stereocenters. The summed E-state index contributed by atoms with van der Waals surface area (Å²) in [7, 11) is -3.65. The van der Waals surface area contributed by atoms with Crippen LogP contribution >= 0.6 is 0 Å². The summed E-state index contributed by atoms with van der Waals surface area (Å²) < 4.78 is 27.1. The second kappa shape index (κ2) is 12.3. The number of benzene rings is 2. The van der Waals surface area contributed by atoms with E-state index in [1.807, 2.05) is 37.3 Å². The van der Waals surface area contributed by atoms with E-state index < -0.39 is 33.5 Å². The van der Waals surface area contributed by atoms with E-state index in [1.54, 1.807) is 18.2 Å². The molecule has 4 N–H and O–H groups in total. The van der Waals surface area contributed by atoms with Gasteiger partial charge < -0.3 is 15.4 Å². The largest absolute Gasteiger partial charge is 0.480 e. The average molecular weight is 512 g/mol. The summed E-state index contributed by atoms with van der Waals surface area (Å²) in [4.78, 5) is 39.4. The Bertz CT molecular complexity index is 1350. The lowest BCUT2D eigenvalue weighted by Gasteiger charge is -2.14. The lowest BCUT2D eigenvalue weighted by atomic mass is 10.1. The van der Waals surface area contributed by atoms with E-state index >= 15 is 0 Å². The summed E-state index contributed by atoms with van der Waals surface area (Å²) in [5.41, 5.74) is 1.79. The maximum atomic E-state index is 12.6. The molecule has 0 aliphatic heterocycles. The molecule has 190 valence electrons. The van der Waals surface area contributed by atoms with Gasteiger partial charge in [-0.1, -0.05) is 48.0 Å². The SMILES string of the molecule is Cc1ccc(S(=O)(=O)NCCCC[C@H](NC(=O)c2ccc(Cc3ccccc3)[nH]c2=O)C(=O)O)cc1. The molecule has 3 aromatic rings. The number of aryl methyl sites for hydroxylation is 1. The Balaban J connectivity index is 1.51. The predicted molar refractivity (Wildman–Crippen MR) is 135 cm³/mol. The van der Waals surface area contributed by atoms with Crippen LogP contribution < -0.4 is 15.6 Å². The number of aliphatic carboxylic acids is 1. The molecule has 1 atom stereocenters. The molecule has 0 spiro atoms. The van der Waals surface area contributed by atoms with E-state index in [1.165, 1.54) is 18.2 Å². The minimum absolute atomic E-state index is 0.0807. The Morgan fingerprint density at radius 2 is 1.67 bits per heavy atom. The van der Waals surface area contributed by atoms with Gasteiger partial charge in [0.15, 0.2) is 0 Å². The Kier molecular flexibility index (Phi) is 9.15. The van der Waals surface area contributed by atoms with E-state index in [9.17, 15) is 27.9 Å². The van der Waals surface area contributed by atoms with Gasteiger partial charge in [0.25, 0.3) is 11.5 Å². The third-order valence-electron chi connectivity index (χ3n) is 5.60. The third kappa shape index (κ3) is 7.62. The smallest absolute Gasteiger partial charge is 0.326 e. The van der Waals surface area contributed by atoms with E-state index in [4.69, 9.17) is 0 Å². The lowest BCUT2D eigenvalue weighted by Crippen LogP contribution is -2.42. The molecule has 0 radical (unpaired) electrons. The zero-order chi connectivity index (χ0) is 26.1. The highest BCUT2D eigenvalue weighted by molar-refractivity contribution is 7.89. The summed E-state index contributed by atoms with van der Waals surface area (Å²) in [5.74, 6) is -2.02. The minimum Gasteiger partial charge on any atom is -0.480 e. The van der Waals surface area contributed by atoms with Crippen LogP contribution in [0.2, 0.25) is 0 Å². The number of carbonyl (C=O) groups is 2. The highest BCUT2D eigenvalue weighted by Crippen LogP contribution is 2.11. The van der Waals surface area contributed by atoms with Gasteiger partial charge in [0.1, 0.15) is 11.6 Å². The Morgan fingerprint density at radius 1 is 0.972 bits per heavy atom. The number of carbonyl (C=O) groups excluding carboxylic acids is 1. The first kappa shape index (κ1) is 26.8. The average Bonchev–Trinajstić information content (AvgIpc) is 2.84. The maximum absolute atomic E-state index is 12.6. The van der Waals surface area contributed by atoms with E-state index in [0.717, 1.165) is 11.1 Å². The summed E-state index contributed by atoms with van der Waals surface area (Å²) >= 11 is 0. The highest BCUT2D eigenvalue weighted by Gasteiger charge is 2.22. The number of aromatic amines is 1. The quantitative estimate of drug-likeness (QED) is 0.275. The number of H-pyrrole nitrogens is 1. The van der Waals surface area contributed by atoms with Gasteiger partial charge >= 0.3 is 5.97 Å². The van der Waals surface area contributed by atoms with Crippen LogP contribution in [0.5, 0.6) is 0 Å². The van der Waals surface area contributed by atoms with Gasteiger partial charge in [0.05, 0.1) is 4.90 Å². The zero-order valence-corrected chi connectivity index (χ0v) is 20.7. The Morgan fingerprint density at radius 3 is 2.31 bits per heavy atom. The van der Waals surface area contributed by atoms with Crippen LogP contribution in [0.4, 0.5) is 0 Å². The Hall–Kier alpha value is -3.76. The van der Waals surface area contributed by atoms with Crippen molar-refractivity contribution < 1.29 is 23.1 Å². The van der Waals surface area contributed by atoms with Crippen LogP contribution in [0.1, 0.15) is 46.4 Å². The van der Waals surface area contributed by atoms with E-state index in [2.05, 4.69) is 15.0 Å². The molecule has 2 aromatic carbocycles. The highest BCUT2D eigenvalue weighted by atomic mass is 32.2. The first-order valence-electron chi connectivity index (χ1n) is 11.5. The number of hydrogen-bond donors (Lipinski definition) is 4. The van der Waals surface area contributed by atoms with Crippen LogP contribution in [-0.2, 0) is 21.2 Å². The number of unbranched alkanes of at least 4 members (excludes halogenated alkanes) is 1. The van der Waals surface area contributed by atoms with Gasteiger partial charge in [0, 0.05) is 18.7 Å². The molecule has 0 saturated carbocycles. The number of pyridine rings is 1. The molecule has 0 fully saturated rings. The molecule has 1 amide bonds. The van der Waals surface area contributed by atoms with Crippen LogP contribution in [0.15, 0.2) is 76.4 Å². The molecule has 36 heavy (non-hydrogen) atoms. The van der Waals surface area contributed by atoms with Crippen LogP contribution in [0.3, 0.4) is 0 Å². The van der Waals surface area contributed by atoms with Crippen molar-refractivity contribution in [3.8, 4) is 0 Å². The number of hydrogen-bond acceptors (Lipinski definition) is 5. The van der Waals surface area contributed by atoms with Gasteiger partial charge in [-0.2, -0.15) is 0 Å². The van der Waals surface area contributed by atoms with Crippen LogP contribution in [-0.4, -0.2) is 43.0 Å². The molecule has 1 aromatic heterocycles. The molecule has 0 saturated heterocycles. The molecule has 9 nitrogen and oxygen atoms in total. The second-order valence-corrected chi connectivity index (χ2v) is 10.2. The zero-order valence-electron chi connectivity index (χ0n) is 19.9. The predicted octanol–water partition coefficient (Wildman–Crippen LogP) is 2.61. The first-order valence-corrected chi connectivity index (χ1v) is 13.0. The third-order valence-corrected chi connectivity index (χ3v) is 7.08. The van der Waals surface area contributed by atoms with Crippen molar-refractivity contribution in [3.63, 3.8) is 0 Å². The van der Waals surface area contributed by atoms with Crippen molar-refractivity contribution in [2.45, 2.75) is 43.5 Å². The molecular weight excluding hydrogens is 482 g/mol. The monoisotopic (exact) mass is 511 g/mol. The van der Waals surface area contributed by atoms with Crippen molar-refractivity contribution in [1.82, 2.24) is 15.0 Å². The maximum Gasteiger partial charge on any atom is 0.326 e. The van der Waals surface area contributed by atoms with Crippen LogP contribution in [0, 0.1) is 6.92 Å². The van der Waals surface area contributed by atoms with E-state index in [0.29, 0.717) is 25.0 Å². The fourth-order valence-electron chi connectivity index (χ4n) is 3.59. The molecule has 0 aliphatic carbocycles. The number of amides is 1. The van der Waals surface area contributed by atoms with Crippen molar-refractivity contribution in [2.75, 3.05) is 6.54 Å². The fraction of sp³-hybridized carbons (Fsp3) is 0.269. The van der Waals surface area contributed by atoms with Crippen molar-refractivity contribution in [2.24, 2.45) is 0 Å². The molecule has 0 bridgehead atoms. The minimum atomic E-state index is -3.65. The number of carboxylic acids is 1. The van der Waals surface area contributed by atoms with Gasteiger partial charge in [0.2, 0.25) is 10.0 Å².